The normalized spacial score (nSPS) is 15.0. The fourth-order valence-electron chi connectivity index (χ4n) is 8.29. The van der Waals surface area contributed by atoms with Crippen molar-refractivity contribution < 1.29 is 22.8 Å². The maximum Gasteiger partial charge on any atom is 0.416 e. The number of aromatic nitrogens is 3. The molecule has 52 heavy (non-hydrogen) atoms. The molecule has 1 spiro atoms. The van der Waals surface area contributed by atoms with Gasteiger partial charge < -0.3 is 4.90 Å². The van der Waals surface area contributed by atoms with Gasteiger partial charge in [-0.3, -0.25) is 14.6 Å². The lowest BCUT2D eigenvalue weighted by Gasteiger charge is -2.45. The Morgan fingerprint density at radius 2 is 1.19 bits per heavy atom. The van der Waals surface area contributed by atoms with Crippen LogP contribution in [0.2, 0.25) is 0 Å². The summed E-state index contributed by atoms with van der Waals surface area (Å²) in [6, 6.07) is 34.7. The molecule has 0 radical (unpaired) electrons. The van der Waals surface area contributed by atoms with Crippen molar-refractivity contribution in [3.05, 3.63) is 184 Å². The number of anilines is 3. The molecule has 0 N–H and O–H groups in total. The van der Waals surface area contributed by atoms with Gasteiger partial charge in [0.2, 0.25) is 11.6 Å². The van der Waals surface area contributed by atoms with Crippen molar-refractivity contribution in [1.29, 1.82) is 0 Å². The second kappa shape index (κ2) is 10.6. The molecule has 0 bridgehead atoms. The molecule has 248 valence electrons. The highest BCUT2D eigenvalue weighted by atomic mass is 19.4. The number of Topliss-reactive ketones (excluding diaryl/α,β-unsaturated/α-hetero) is 2. The van der Waals surface area contributed by atoms with Gasteiger partial charge in [-0.1, -0.05) is 72.8 Å². The van der Waals surface area contributed by atoms with Crippen LogP contribution in [0, 0.1) is 0 Å². The van der Waals surface area contributed by atoms with Crippen molar-refractivity contribution in [2.75, 3.05) is 4.90 Å². The average molecular weight is 685 g/mol. The fourth-order valence-corrected chi connectivity index (χ4v) is 8.29. The van der Waals surface area contributed by atoms with Crippen LogP contribution in [0.1, 0.15) is 54.4 Å². The molecule has 10 rings (SSSR count). The molecule has 1 aliphatic heterocycles. The lowest BCUT2D eigenvalue weighted by atomic mass is 9.64. The number of fused-ring (bicyclic) bond motifs is 11. The molecule has 9 heteroatoms. The number of carbonyl (C=O) groups is 2. The van der Waals surface area contributed by atoms with Crippen LogP contribution in [0.4, 0.5) is 30.2 Å². The van der Waals surface area contributed by atoms with Crippen LogP contribution in [0.5, 0.6) is 0 Å². The highest BCUT2D eigenvalue weighted by Gasteiger charge is 2.52. The number of carbonyl (C=O) groups excluding carboxylic acids is 2. The van der Waals surface area contributed by atoms with Gasteiger partial charge in [-0.15, -0.1) is 0 Å². The number of ketones is 2. The molecule has 0 amide bonds. The molecule has 6 nitrogen and oxygen atoms in total. The number of para-hydroxylation sites is 1. The molecule has 0 fully saturated rings. The van der Waals surface area contributed by atoms with Crippen LogP contribution in [0.25, 0.3) is 28.1 Å². The maximum absolute atomic E-state index is 14.7. The first kappa shape index (κ1) is 30.1. The van der Waals surface area contributed by atoms with Gasteiger partial charge in [-0.05, 0) is 87.5 Å². The third kappa shape index (κ3) is 3.98. The molecule has 3 heterocycles. The summed E-state index contributed by atoms with van der Waals surface area (Å²) in [6.07, 6.45) is 1.34. The molecule has 2 aliphatic carbocycles. The highest BCUT2D eigenvalue weighted by molar-refractivity contribution is 6.40. The minimum atomic E-state index is -4.62. The lowest BCUT2D eigenvalue weighted by Crippen LogP contribution is -2.36. The summed E-state index contributed by atoms with van der Waals surface area (Å²) in [7, 11) is 0. The number of allylic oxidation sites excluding steroid dienone is 1. The van der Waals surface area contributed by atoms with E-state index >= 15 is 0 Å². The molecular weight excluding hydrogens is 661 g/mol. The Labute approximate surface area is 294 Å². The fraction of sp³-hybridized carbons (Fsp3) is 0.0465. The van der Waals surface area contributed by atoms with Crippen LogP contribution >= 0.6 is 0 Å². The monoisotopic (exact) mass is 684 g/mol. The van der Waals surface area contributed by atoms with Crippen molar-refractivity contribution in [1.82, 2.24) is 15.0 Å². The van der Waals surface area contributed by atoms with Gasteiger partial charge >= 0.3 is 6.18 Å². The molecule has 0 saturated heterocycles. The molecule has 0 atom stereocenters. The van der Waals surface area contributed by atoms with Gasteiger partial charge in [0.25, 0.3) is 0 Å². The van der Waals surface area contributed by atoms with Crippen molar-refractivity contribution in [2.45, 2.75) is 11.6 Å². The summed E-state index contributed by atoms with van der Waals surface area (Å²) in [6.45, 7) is 0. The third-order valence-electron chi connectivity index (χ3n) is 10.4. The summed E-state index contributed by atoms with van der Waals surface area (Å²) < 4.78 is 44.2. The first-order valence-corrected chi connectivity index (χ1v) is 16.6. The summed E-state index contributed by atoms with van der Waals surface area (Å²) >= 11 is 0. The van der Waals surface area contributed by atoms with Gasteiger partial charge in [0, 0.05) is 24.0 Å². The number of benzene rings is 5. The Balaban J connectivity index is 1.33. The SMILES string of the molecule is O=C1C(=Cc2ccc3c(c2)C2(c4ccccc4-c4ccccc42)c2cc(C(F)(F)F)ccc2N3c2cccc3cccnc23)C(=O)c2nccnc21. The van der Waals surface area contributed by atoms with Crippen molar-refractivity contribution >= 4 is 45.6 Å². The minimum absolute atomic E-state index is 0.00457. The number of halogens is 3. The van der Waals surface area contributed by atoms with E-state index in [0.717, 1.165) is 39.4 Å². The van der Waals surface area contributed by atoms with Crippen molar-refractivity contribution in [3.63, 3.8) is 0 Å². The maximum atomic E-state index is 14.7. The van der Waals surface area contributed by atoms with E-state index in [4.69, 9.17) is 4.98 Å². The number of hydrogen-bond acceptors (Lipinski definition) is 6. The lowest BCUT2D eigenvalue weighted by molar-refractivity contribution is -0.137. The Morgan fingerprint density at radius 3 is 1.87 bits per heavy atom. The summed E-state index contributed by atoms with van der Waals surface area (Å²) in [4.78, 5) is 41.7. The second-order valence-electron chi connectivity index (χ2n) is 13.0. The van der Waals surface area contributed by atoms with Crippen LogP contribution in [0.3, 0.4) is 0 Å². The zero-order valence-electron chi connectivity index (χ0n) is 27.0. The summed E-state index contributed by atoms with van der Waals surface area (Å²) in [5, 5.41) is 0.869. The Kier molecular flexibility index (Phi) is 6.16. The Bertz CT molecular complexity index is 2670. The van der Waals surface area contributed by atoms with E-state index in [0.29, 0.717) is 33.6 Å². The Hall–Kier alpha value is -6.74. The molecule has 0 saturated carbocycles. The molecule has 7 aromatic rings. The smallest absolute Gasteiger partial charge is 0.308 e. The van der Waals surface area contributed by atoms with Gasteiger partial charge in [-0.2, -0.15) is 13.2 Å². The zero-order valence-corrected chi connectivity index (χ0v) is 27.0. The predicted molar refractivity (Wildman–Crippen MR) is 191 cm³/mol. The summed E-state index contributed by atoms with van der Waals surface area (Å²) in [5.74, 6) is -1.05. The summed E-state index contributed by atoms with van der Waals surface area (Å²) in [5.41, 5.74) is 5.71. The molecule has 3 aliphatic rings. The van der Waals surface area contributed by atoms with Crippen LogP contribution in [-0.4, -0.2) is 26.5 Å². The second-order valence-corrected chi connectivity index (χ2v) is 13.0. The van der Waals surface area contributed by atoms with Crippen LogP contribution in [0.15, 0.2) is 139 Å². The highest BCUT2D eigenvalue weighted by Crippen LogP contribution is 2.64. The first-order chi connectivity index (χ1) is 25.3. The van der Waals surface area contributed by atoms with E-state index in [1.807, 2.05) is 102 Å². The Morgan fingerprint density at radius 1 is 0.577 bits per heavy atom. The number of nitrogens with zero attached hydrogens (tertiary/aromatic N) is 4. The van der Waals surface area contributed by atoms with Gasteiger partial charge in [0.1, 0.15) is 11.4 Å². The molecular formula is C43H23F3N4O2. The van der Waals surface area contributed by atoms with E-state index < -0.39 is 28.7 Å². The van der Waals surface area contributed by atoms with Gasteiger partial charge in [0.05, 0.1) is 39.1 Å². The van der Waals surface area contributed by atoms with Gasteiger partial charge in [0.15, 0.2) is 0 Å². The topological polar surface area (TPSA) is 76.1 Å². The van der Waals surface area contributed by atoms with E-state index in [1.54, 1.807) is 12.3 Å². The number of rotatable bonds is 2. The molecule has 5 aromatic carbocycles. The van der Waals surface area contributed by atoms with Crippen LogP contribution < -0.4 is 4.90 Å². The van der Waals surface area contributed by atoms with E-state index in [1.165, 1.54) is 24.5 Å². The largest absolute Gasteiger partial charge is 0.416 e. The van der Waals surface area contributed by atoms with E-state index in [2.05, 4.69) is 9.97 Å². The molecule has 2 aromatic heterocycles. The zero-order chi connectivity index (χ0) is 35.4. The quantitative estimate of drug-likeness (QED) is 0.133. The van der Waals surface area contributed by atoms with Crippen molar-refractivity contribution in [3.8, 4) is 11.1 Å². The standard InChI is InChI=1S/C43H23F3N4O2/c44-43(45,46)26-15-17-35-33(23-26)42(30-11-3-1-9-27(30)28-10-2-4-12-31(28)42)32-22-24(21-29-40(51)38-39(41(29)52)49-20-19-48-38)14-16-34(32)50(35)36-13-5-7-25-8-6-18-47-37(25)36/h1-23H. The molecule has 0 unspecified atom stereocenters. The number of pyridine rings is 1. The van der Waals surface area contributed by atoms with E-state index in [-0.39, 0.29) is 17.0 Å². The van der Waals surface area contributed by atoms with Gasteiger partial charge in [-0.25, -0.2) is 9.97 Å². The van der Waals surface area contributed by atoms with Crippen molar-refractivity contribution in [2.24, 2.45) is 0 Å². The first-order valence-electron chi connectivity index (χ1n) is 16.6. The van der Waals surface area contributed by atoms with Crippen LogP contribution in [-0.2, 0) is 11.6 Å². The number of hydrogen-bond donors (Lipinski definition) is 0. The third-order valence-corrected chi connectivity index (χ3v) is 10.4. The number of alkyl halides is 3. The predicted octanol–water partition coefficient (Wildman–Crippen LogP) is 9.65. The van der Waals surface area contributed by atoms with E-state index in [9.17, 15) is 22.8 Å². The average Bonchev–Trinajstić information content (AvgIpc) is 3.59. The minimum Gasteiger partial charge on any atom is -0.308 e.